The molecule has 21 heavy (non-hydrogen) atoms. The van der Waals surface area contributed by atoms with E-state index in [1.165, 1.54) is 0 Å². The molecule has 0 aromatic heterocycles. The maximum atomic E-state index is 11.8. The molecule has 0 amide bonds. The van der Waals surface area contributed by atoms with Gasteiger partial charge >= 0.3 is 11.9 Å². The van der Waals surface area contributed by atoms with Crippen LogP contribution in [0.1, 0.15) is 49.5 Å². The van der Waals surface area contributed by atoms with Crippen molar-refractivity contribution in [3.63, 3.8) is 0 Å². The number of ketones is 1. The Hall–Kier alpha value is -2.17. The molecule has 1 aromatic rings. The van der Waals surface area contributed by atoms with Crippen LogP contribution in [0.2, 0.25) is 0 Å². The molecule has 5 heteroatoms. The van der Waals surface area contributed by atoms with E-state index in [-0.39, 0.29) is 12.2 Å². The molecule has 0 aliphatic heterocycles. The van der Waals surface area contributed by atoms with Crippen molar-refractivity contribution in [2.45, 2.75) is 45.6 Å². The summed E-state index contributed by atoms with van der Waals surface area (Å²) in [6.45, 7) is 5.40. The van der Waals surface area contributed by atoms with Crippen molar-refractivity contribution >= 4 is 17.7 Å². The number of rotatable bonds is 6. The highest BCUT2D eigenvalue weighted by molar-refractivity contribution is 5.94. The lowest BCUT2D eigenvalue weighted by Crippen LogP contribution is -2.23. The summed E-state index contributed by atoms with van der Waals surface area (Å²) < 4.78 is 5.25. The molecule has 1 N–H and O–H groups in total. The molecule has 0 radical (unpaired) electrons. The number of carbonyl (C=O) groups excluding carboxylic acids is 2. The van der Waals surface area contributed by atoms with Crippen LogP contribution in [0.4, 0.5) is 0 Å². The predicted octanol–water partition coefficient (Wildman–Crippen LogP) is 2.62. The Morgan fingerprint density at radius 2 is 1.67 bits per heavy atom. The summed E-state index contributed by atoms with van der Waals surface area (Å²) in [6, 6.07) is 6.77. The SMILES string of the molecule is CC(C)(C)OC(=O)c1ccc(CCC(=O)CC(=O)O)cc1. The molecule has 0 heterocycles. The average molecular weight is 292 g/mol. The molecular weight excluding hydrogens is 272 g/mol. The van der Waals surface area contributed by atoms with Gasteiger partial charge in [0.25, 0.3) is 0 Å². The van der Waals surface area contributed by atoms with Gasteiger partial charge in [0, 0.05) is 6.42 Å². The summed E-state index contributed by atoms with van der Waals surface area (Å²) >= 11 is 0. The highest BCUT2D eigenvalue weighted by atomic mass is 16.6. The fourth-order valence-electron chi connectivity index (χ4n) is 1.69. The largest absolute Gasteiger partial charge is 0.481 e. The van der Waals surface area contributed by atoms with E-state index in [1.807, 2.05) is 0 Å². The Labute approximate surface area is 123 Å². The third-order valence-corrected chi connectivity index (χ3v) is 2.63. The minimum absolute atomic E-state index is 0.179. The van der Waals surface area contributed by atoms with E-state index in [2.05, 4.69) is 0 Å². The van der Waals surface area contributed by atoms with Crippen LogP contribution in [0.15, 0.2) is 24.3 Å². The number of benzene rings is 1. The van der Waals surface area contributed by atoms with Gasteiger partial charge in [-0.15, -0.1) is 0 Å². The topological polar surface area (TPSA) is 80.7 Å². The zero-order valence-electron chi connectivity index (χ0n) is 12.5. The van der Waals surface area contributed by atoms with Gasteiger partial charge in [-0.05, 0) is 44.9 Å². The Morgan fingerprint density at radius 1 is 1.10 bits per heavy atom. The Balaban J connectivity index is 2.56. The monoisotopic (exact) mass is 292 g/mol. The summed E-state index contributed by atoms with van der Waals surface area (Å²) in [6.07, 6.45) is 0.189. The summed E-state index contributed by atoms with van der Waals surface area (Å²) in [5.74, 6) is -1.81. The molecule has 114 valence electrons. The molecule has 0 unspecified atom stereocenters. The molecule has 0 saturated heterocycles. The van der Waals surface area contributed by atoms with Crippen LogP contribution in [0.3, 0.4) is 0 Å². The molecule has 1 aromatic carbocycles. The number of carbonyl (C=O) groups is 3. The lowest BCUT2D eigenvalue weighted by Gasteiger charge is -2.19. The number of ether oxygens (including phenoxy) is 1. The van der Waals surface area contributed by atoms with Gasteiger partial charge in [0.05, 0.1) is 5.56 Å². The van der Waals surface area contributed by atoms with Crippen LogP contribution in [0.5, 0.6) is 0 Å². The Morgan fingerprint density at radius 3 is 2.14 bits per heavy atom. The standard InChI is InChI=1S/C16H20O5/c1-16(2,3)21-15(20)12-7-4-11(5-8-12)6-9-13(17)10-14(18)19/h4-5,7-8H,6,9-10H2,1-3H3,(H,18,19). The van der Waals surface area contributed by atoms with E-state index in [9.17, 15) is 14.4 Å². The number of aryl methyl sites for hydroxylation is 1. The third kappa shape index (κ3) is 6.70. The predicted molar refractivity (Wildman–Crippen MR) is 77.2 cm³/mol. The zero-order chi connectivity index (χ0) is 16.0. The second-order valence-electron chi connectivity index (χ2n) is 5.81. The lowest BCUT2D eigenvalue weighted by molar-refractivity contribution is -0.140. The van der Waals surface area contributed by atoms with Crippen LogP contribution in [-0.4, -0.2) is 28.4 Å². The van der Waals surface area contributed by atoms with Crippen molar-refractivity contribution in [1.29, 1.82) is 0 Å². The Kier molecular flexibility index (Phi) is 5.64. The number of esters is 1. The molecular formula is C16H20O5. The maximum Gasteiger partial charge on any atom is 0.338 e. The van der Waals surface area contributed by atoms with E-state index in [0.29, 0.717) is 12.0 Å². The van der Waals surface area contributed by atoms with Gasteiger partial charge in [-0.3, -0.25) is 9.59 Å². The van der Waals surface area contributed by atoms with E-state index in [1.54, 1.807) is 45.0 Å². The number of Topliss-reactive ketones (excluding diaryl/α,β-unsaturated/α-hetero) is 1. The first-order valence-electron chi connectivity index (χ1n) is 6.73. The molecule has 0 fully saturated rings. The second kappa shape index (κ2) is 7.02. The molecule has 0 saturated carbocycles. The highest BCUT2D eigenvalue weighted by Crippen LogP contribution is 2.13. The summed E-state index contributed by atoms with van der Waals surface area (Å²) in [5, 5.41) is 8.50. The van der Waals surface area contributed by atoms with Gasteiger partial charge in [-0.2, -0.15) is 0 Å². The summed E-state index contributed by atoms with van der Waals surface area (Å²) in [7, 11) is 0. The molecule has 5 nitrogen and oxygen atoms in total. The number of carboxylic acids is 1. The Bertz CT molecular complexity index is 523. The number of hydrogen-bond donors (Lipinski definition) is 1. The van der Waals surface area contributed by atoms with Crippen molar-refractivity contribution < 1.29 is 24.2 Å². The van der Waals surface area contributed by atoms with E-state index in [0.717, 1.165) is 5.56 Å². The van der Waals surface area contributed by atoms with Gasteiger partial charge < -0.3 is 9.84 Å². The molecule has 0 spiro atoms. The van der Waals surface area contributed by atoms with Gasteiger partial charge in [-0.1, -0.05) is 12.1 Å². The van der Waals surface area contributed by atoms with Crippen molar-refractivity contribution in [3.05, 3.63) is 35.4 Å². The summed E-state index contributed by atoms with van der Waals surface area (Å²) in [4.78, 5) is 33.5. The van der Waals surface area contributed by atoms with Crippen molar-refractivity contribution in [2.75, 3.05) is 0 Å². The summed E-state index contributed by atoms with van der Waals surface area (Å²) in [5.41, 5.74) is 0.783. The van der Waals surface area contributed by atoms with Crippen molar-refractivity contribution in [1.82, 2.24) is 0 Å². The minimum atomic E-state index is -1.11. The smallest absolute Gasteiger partial charge is 0.338 e. The first-order chi connectivity index (χ1) is 9.67. The van der Waals surface area contributed by atoms with Crippen molar-refractivity contribution in [3.8, 4) is 0 Å². The van der Waals surface area contributed by atoms with Gasteiger partial charge in [0.1, 0.15) is 17.8 Å². The minimum Gasteiger partial charge on any atom is -0.481 e. The fourth-order valence-corrected chi connectivity index (χ4v) is 1.69. The lowest BCUT2D eigenvalue weighted by atomic mass is 10.0. The molecule has 0 atom stereocenters. The molecule has 1 rings (SSSR count). The first-order valence-corrected chi connectivity index (χ1v) is 6.73. The van der Waals surface area contributed by atoms with Crippen molar-refractivity contribution in [2.24, 2.45) is 0 Å². The number of hydrogen-bond acceptors (Lipinski definition) is 4. The van der Waals surface area contributed by atoms with Gasteiger partial charge in [-0.25, -0.2) is 4.79 Å². The average Bonchev–Trinajstić information content (AvgIpc) is 2.34. The van der Waals surface area contributed by atoms with E-state index >= 15 is 0 Å². The molecule has 0 aliphatic carbocycles. The van der Waals surface area contributed by atoms with Gasteiger partial charge in [0.15, 0.2) is 0 Å². The van der Waals surface area contributed by atoms with E-state index < -0.39 is 24.0 Å². The van der Waals surface area contributed by atoms with Crippen LogP contribution in [-0.2, 0) is 20.7 Å². The van der Waals surface area contributed by atoms with Gasteiger partial charge in [0.2, 0.25) is 0 Å². The molecule has 0 aliphatic rings. The fraction of sp³-hybridized carbons (Fsp3) is 0.438. The zero-order valence-corrected chi connectivity index (χ0v) is 12.5. The maximum absolute atomic E-state index is 11.8. The van der Waals surface area contributed by atoms with Crippen LogP contribution < -0.4 is 0 Å². The second-order valence-corrected chi connectivity index (χ2v) is 5.81. The van der Waals surface area contributed by atoms with Crippen LogP contribution in [0.25, 0.3) is 0 Å². The van der Waals surface area contributed by atoms with Crippen LogP contribution >= 0.6 is 0 Å². The first kappa shape index (κ1) is 16.9. The highest BCUT2D eigenvalue weighted by Gasteiger charge is 2.17. The quantitative estimate of drug-likeness (QED) is 0.644. The number of aliphatic carboxylic acids is 1. The molecule has 0 bridgehead atoms. The van der Waals surface area contributed by atoms with E-state index in [4.69, 9.17) is 9.84 Å². The number of carboxylic acid groups (broad SMARTS) is 1. The normalized spacial score (nSPS) is 11.0. The third-order valence-electron chi connectivity index (χ3n) is 2.63. The van der Waals surface area contributed by atoms with Crippen LogP contribution in [0, 0.1) is 0 Å².